The van der Waals surface area contributed by atoms with E-state index in [0.29, 0.717) is 0 Å². The van der Waals surface area contributed by atoms with Gasteiger partial charge in [0.05, 0.1) is 6.17 Å². The van der Waals surface area contributed by atoms with Gasteiger partial charge in [-0.25, -0.2) is 0 Å². The molecule has 1 rings (SSSR count). The highest BCUT2D eigenvalue weighted by Crippen LogP contribution is 1.96. The second kappa shape index (κ2) is 1.37. The molecule has 1 saturated heterocycles. The number of nitrogens with two attached hydrogens (primary N) is 1. The molecule has 1 aliphatic rings. The first-order valence-electron chi connectivity index (χ1n) is 2.01. The Morgan fingerprint density at radius 1 is 1.86 bits per heavy atom. The molecule has 38 valence electrons. The van der Waals surface area contributed by atoms with Gasteiger partial charge < -0.3 is 11.1 Å². The van der Waals surface area contributed by atoms with E-state index in [-0.39, 0.29) is 12.3 Å². The summed E-state index contributed by atoms with van der Waals surface area (Å²) in [7, 11) is 0. The highest BCUT2D eigenvalue weighted by atomic mass is 15.4. The topological polar surface area (TPSA) is 83.8 Å². The van der Waals surface area contributed by atoms with Crippen molar-refractivity contribution in [2.75, 3.05) is 0 Å². The van der Waals surface area contributed by atoms with Crippen LogP contribution in [0.15, 0.2) is 0 Å². The Kier molecular flexibility index (Phi) is 0.855. The van der Waals surface area contributed by atoms with Crippen LogP contribution in [0.3, 0.4) is 0 Å². The van der Waals surface area contributed by atoms with Crippen LogP contribution in [0.2, 0.25) is 0 Å². The Morgan fingerprint density at radius 2 is 2.43 bits per heavy atom. The minimum absolute atomic E-state index is 0.0142. The van der Waals surface area contributed by atoms with Gasteiger partial charge in [-0.3, -0.25) is 5.32 Å². The fourth-order valence-corrected chi connectivity index (χ4v) is 0.353. The monoisotopic (exact) mass is 98.1 g/mol. The molecule has 0 saturated carbocycles. The molecule has 0 radical (unpaired) electrons. The van der Waals surface area contributed by atoms with E-state index < -0.39 is 0 Å². The molecule has 0 aromatic heterocycles. The lowest BCUT2D eigenvalue weighted by atomic mass is 10.7. The van der Waals surface area contributed by atoms with Crippen LogP contribution in [0, 0.1) is 11.5 Å². The van der Waals surface area contributed by atoms with Crippen molar-refractivity contribution >= 4 is 0 Å². The van der Waals surface area contributed by atoms with Crippen LogP contribution in [0.1, 0.15) is 0 Å². The lowest BCUT2D eigenvalue weighted by molar-refractivity contribution is 0.825. The van der Waals surface area contributed by atoms with Gasteiger partial charge in [0.2, 0.25) is 0 Å². The maximum absolute atomic E-state index is 7.94. The quantitative estimate of drug-likeness (QED) is 0.207. The number of rotatable bonds is 1. The summed E-state index contributed by atoms with van der Waals surface area (Å²) in [6, 6.07) is 0. The molecular formula is C3H6N4. The van der Waals surface area contributed by atoms with E-state index in [1.54, 1.807) is 6.19 Å². The molecular weight excluding hydrogens is 92.1 g/mol. The van der Waals surface area contributed by atoms with Gasteiger partial charge in [-0.1, -0.05) is 0 Å². The van der Waals surface area contributed by atoms with Crippen molar-refractivity contribution in [3.63, 3.8) is 0 Å². The van der Waals surface area contributed by atoms with Gasteiger partial charge in [0, 0.05) is 0 Å². The van der Waals surface area contributed by atoms with Crippen molar-refractivity contribution in [3.8, 4) is 6.19 Å². The molecule has 4 N–H and O–H groups in total. The fourth-order valence-electron chi connectivity index (χ4n) is 0.353. The number of hydrogen-bond donors (Lipinski definition) is 3. The maximum atomic E-state index is 7.94. The third kappa shape index (κ3) is 0.796. The standard InChI is InChI=1S/C3H6N4/c4-1-6-3-2(5)7-3/h2-3,6-7H,5H2. The first-order chi connectivity index (χ1) is 3.34. The molecule has 0 aromatic carbocycles. The minimum atomic E-state index is -0.0142. The van der Waals surface area contributed by atoms with Gasteiger partial charge in [-0.15, -0.1) is 0 Å². The Labute approximate surface area is 41.3 Å². The van der Waals surface area contributed by atoms with Crippen LogP contribution < -0.4 is 16.4 Å². The van der Waals surface area contributed by atoms with Crippen molar-refractivity contribution < 1.29 is 0 Å². The van der Waals surface area contributed by atoms with Crippen LogP contribution in [-0.2, 0) is 0 Å². The van der Waals surface area contributed by atoms with Crippen LogP contribution >= 0.6 is 0 Å². The average molecular weight is 98.1 g/mol. The number of nitriles is 1. The van der Waals surface area contributed by atoms with Gasteiger partial charge in [0.1, 0.15) is 6.17 Å². The molecule has 1 aliphatic heterocycles. The molecule has 0 aromatic rings. The smallest absolute Gasteiger partial charge is 0.177 e. The lowest BCUT2D eigenvalue weighted by Crippen LogP contribution is -2.17. The van der Waals surface area contributed by atoms with Crippen LogP contribution in [-0.4, -0.2) is 12.3 Å². The summed E-state index contributed by atoms with van der Waals surface area (Å²) >= 11 is 0. The summed E-state index contributed by atoms with van der Waals surface area (Å²) in [4.78, 5) is 0. The van der Waals surface area contributed by atoms with Gasteiger partial charge >= 0.3 is 0 Å². The normalized spacial score (nSPS) is 36.6. The van der Waals surface area contributed by atoms with Crippen LogP contribution in [0.4, 0.5) is 0 Å². The maximum Gasteiger partial charge on any atom is 0.177 e. The lowest BCUT2D eigenvalue weighted by Gasteiger charge is -1.81. The summed E-state index contributed by atoms with van der Waals surface area (Å²) in [5.74, 6) is 0. The molecule has 0 bridgehead atoms. The number of hydrogen-bond acceptors (Lipinski definition) is 4. The zero-order valence-electron chi connectivity index (χ0n) is 3.68. The van der Waals surface area contributed by atoms with Crippen molar-refractivity contribution in [1.82, 2.24) is 10.6 Å². The van der Waals surface area contributed by atoms with Crippen molar-refractivity contribution in [2.24, 2.45) is 5.73 Å². The molecule has 1 fully saturated rings. The summed E-state index contributed by atoms with van der Waals surface area (Å²) in [6.07, 6.45) is 1.79. The summed E-state index contributed by atoms with van der Waals surface area (Å²) in [6.45, 7) is 0. The van der Waals surface area contributed by atoms with E-state index in [2.05, 4.69) is 10.6 Å². The van der Waals surface area contributed by atoms with E-state index in [9.17, 15) is 0 Å². The zero-order chi connectivity index (χ0) is 5.28. The average Bonchev–Trinajstić information content (AvgIpc) is 2.22. The van der Waals surface area contributed by atoms with E-state index >= 15 is 0 Å². The van der Waals surface area contributed by atoms with E-state index in [0.717, 1.165) is 0 Å². The predicted molar refractivity (Wildman–Crippen MR) is 23.6 cm³/mol. The highest BCUT2D eigenvalue weighted by molar-refractivity contribution is 4.94. The largest absolute Gasteiger partial charge is 0.313 e. The third-order valence-electron chi connectivity index (χ3n) is 0.842. The Hall–Kier alpha value is -0.790. The highest BCUT2D eigenvalue weighted by Gasteiger charge is 2.31. The zero-order valence-corrected chi connectivity index (χ0v) is 3.68. The van der Waals surface area contributed by atoms with Crippen LogP contribution in [0.25, 0.3) is 0 Å². The van der Waals surface area contributed by atoms with Crippen molar-refractivity contribution in [2.45, 2.75) is 12.3 Å². The van der Waals surface area contributed by atoms with Gasteiger partial charge in [-0.2, -0.15) is 5.26 Å². The molecule has 4 heteroatoms. The summed E-state index contributed by atoms with van der Waals surface area (Å²) < 4.78 is 0. The molecule has 7 heavy (non-hydrogen) atoms. The number of nitrogens with one attached hydrogen (secondary N) is 2. The van der Waals surface area contributed by atoms with Gasteiger partial charge in [0.25, 0.3) is 0 Å². The molecule has 2 atom stereocenters. The number of nitrogens with zero attached hydrogens (tertiary/aromatic N) is 1. The second-order valence-electron chi connectivity index (χ2n) is 1.43. The SMILES string of the molecule is N#CNC1NC1N. The fraction of sp³-hybridized carbons (Fsp3) is 0.667. The van der Waals surface area contributed by atoms with Crippen molar-refractivity contribution in [3.05, 3.63) is 0 Å². The minimum Gasteiger partial charge on any atom is -0.313 e. The van der Waals surface area contributed by atoms with Gasteiger partial charge in [0.15, 0.2) is 6.19 Å². The van der Waals surface area contributed by atoms with E-state index in [4.69, 9.17) is 11.0 Å². The Balaban J connectivity index is 2.12. The first-order valence-corrected chi connectivity index (χ1v) is 2.01. The van der Waals surface area contributed by atoms with Gasteiger partial charge in [-0.05, 0) is 0 Å². The Bertz CT molecular complexity index is 104. The molecule has 1 heterocycles. The van der Waals surface area contributed by atoms with Crippen LogP contribution in [0.5, 0.6) is 0 Å². The van der Waals surface area contributed by atoms with E-state index in [1.165, 1.54) is 0 Å². The Morgan fingerprint density at radius 3 is 2.57 bits per heavy atom. The van der Waals surface area contributed by atoms with E-state index in [1.807, 2.05) is 0 Å². The van der Waals surface area contributed by atoms with Crippen molar-refractivity contribution in [1.29, 1.82) is 5.26 Å². The molecule has 4 nitrogen and oxygen atoms in total. The summed E-state index contributed by atoms with van der Waals surface area (Å²) in [5, 5.41) is 13.2. The first kappa shape index (κ1) is 4.37. The molecule has 0 aliphatic carbocycles. The summed E-state index contributed by atoms with van der Waals surface area (Å²) in [5.41, 5.74) is 5.23. The molecule has 2 unspecified atom stereocenters. The third-order valence-corrected chi connectivity index (χ3v) is 0.842. The molecule has 0 spiro atoms. The second-order valence-corrected chi connectivity index (χ2v) is 1.43. The molecule has 0 amide bonds. The predicted octanol–water partition coefficient (Wildman–Crippen LogP) is -1.73.